The number of hydrogen-bond donors (Lipinski definition) is 1. The maximum Gasteiger partial charge on any atom is 0.137 e. The van der Waals surface area contributed by atoms with Crippen molar-refractivity contribution in [2.75, 3.05) is 6.61 Å². The molecule has 1 aromatic heterocycles. The van der Waals surface area contributed by atoms with E-state index < -0.39 is 0 Å². The molecule has 3 aromatic rings. The highest BCUT2D eigenvalue weighted by Gasteiger charge is 2.35. The average molecular weight is 457 g/mol. The molecule has 4 rings (SSSR count). The highest BCUT2D eigenvalue weighted by Crippen LogP contribution is 2.44. The van der Waals surface area contributed by atoms with Crippen LogP contribution < -0.4 is 4.74 Å². The minimum Gasteiger partial charge on any atom is -0.492 e. The van der Waals surface area contributed by atoms with Crippen molar-refractivity contribution in [3.63, 3.8) is 0 Å². The number of rotatable bonds is 1. The second-order valence-corrected chi connectivity index (χ2v) is 10.5. The molecule has 0 spiro atoms. The molecular formula is C29H44O2S. The van der Waals surface area contributed by atoms with Crippen molar-refractivity contribution in [3.8, 4) is 5.75 Å². The van der Waals surface area contributed by atoms with Gasteiger partial charge < -0.3 is 9.15 Å². The highest BCUT2D eigenvalue weighted by atomic mass is 32.1. The number of aryl methyl sites for hydroxylation is 2. The third-order valence-electron chi connectivity index (χ3n) is 5.47. The van der Waals surface area contributed by atoms with Crippen LogP contribution in [0.2, 0.25) is 0 Å². The van der Waals surface area contributed by atoms with Gasteiger partial charge in [-0.2, -0.15) is 12.6 Å². The first-order valence-electron chi connectivity index (χ1n) is 11.9. The molecule has 1 aliphatic rings. The average Bonchev–Trinajstić information content (AvgIpc) is 3.37. The Bertz CT molecular complexity index is 971. The zero-order chi connectivity index (χ0) is 24.7. The lowest BCUT2D eigenvalue weighted by Crippen LogP contribution is -2.23. The van der Waals surface area contributed by atoms with E-state index in [1.54, 1.807) is 0 Å². The fourth-order valence-corrected chi connectivity index (χ4v) is 3.98. The molecule has 3 heteroatoms. The van der Waals surface area contributed by atoms with E-state index in [0.29, 0.717) is 5.92 Å². The minimum absolute atomic E-state index is 0.0148. The van der Waals surface area contributed by atoms with Gasteiger partial charge in [0, 0.05) is 27.2 Å². The van der Waals surface area contributed by atoms with Crippen molar-refractivity contribution in [3.05, 3.63) is 64.9 Å². The van der Waals surface area contributed by atoms with Crippen LogP contribution in [0.4, 0.5) is 0 Å². The van der Waals surface area contributed by atoms with Crippen LogP contribution in [0.25, 0.3) is 11.0 Å². The summed E-state index contributed by atoms with van der Waals surface area (Å²) in [7, 11) is 0. The molecule has 32 heavy (non-hydrogen) atoms. The highest BCUT2D eigenvalue weighted by molar-refractivity contribution is 7.81. The second kappa shape index (κ2) is 11.8. The van der Waals surface area contributed by atoms with Gasteiger partial charge in [-0.15, -0.1) is 0 Å². The monoisotopic (exact) mass is 456 g/mol. The fraction of sp³-hybridized carbons (Fsp3) is 0.517. The van der Waals surface area contributed by atoms with Crippen LogP contribution in [0.5, 0.6) is 5.75 Å². The molecule has 0 bridgehead atoms. The smallest absolute Gasteiger partial charge is 0.137 e. The first-order valence-corrected chi connectivity index (χ1v) is 12.4. The van der Waals surface area contributed by atoms with Gasteiger partial charge >= 0.3 is 0 Å². The van der Waals surface area contributed by atoms with E-state index in [0.717, 1.165) is 17.9 Å². The van der Waals surface area contributed by atoms with Crippen LogP contribution in [0.1, 0.15) is 90.5 Å². The van der Waals surface area contributed by atoms with Gasteiger partial charge in [-0.25, -0.2) is 0 Å². The van der Waals surface area contributed by atoms with Gasteiger partial charge in [0.25, 0.3) is 0 Å². The van der Waals surface area contributed by atoms with Gasteiger partial charge in [-0.05, 0) is 30.4 Å². The molecule has 0 fully saturated rings. The molecule has 1 atom stereocenters. The molecule has 2 aromatic carbocycles. The lowest BCUT2D eigenvalue weighted by Gasteiger charge is -2.24. The summed E-state index contributed by atoms with van der Waals surface area (Å²) in [5.74, 6) is 1.47. The molecule has 2 heterocycles. The Morgan fingerprint density at radius 3 is 1.97 bits per heavy atom. The van der Waals surface area contributed by atoms with Crippen molar-refractivity contribution in [2.45, 2.75) is 92.2 Å². The number of benzene rings is 2. The molecule has 0 saturated heterocycles. The number of thiol groups is 1. The number of ether oxygens (including phenoxy) is 1. The summed E-state index contributed by atoms with van der Waals surface area (Å²) in [5.41, 5.74) is 6.21. The van der Waals surface area contributed by atoms with Crippen molar-refractivity contribution in [2.24, 2.45) is 0 Å². The molecule has 2 nitrogen and oxygen atoms in total. The van der Waals surface area contributed by atoms with E-state index in [9.17, 15) is 0 Å². The summed E-state index contributed by atoms with van der Waals surface area (Å²) in [4.78, 5) is 0. The molecule has 0 radical (unpaired) electrons. The van der Waals surface area contributed by atoms with Gasteiger partial charge in [0.1, 0.15) is 11.3 Å². The van der Waals surface area contributed by atoms with Crippen molar-refractivity contribution < 1.29 is 9.15 Å². The largest absolute Gasteiger partial charge is 0.492 e. The zero-order valence-corrected chi connectivity index (χ0v) is 23.0. The van der Waals surface area contributed by atoms with Crippen LogP contribution in [0.3, 0.4) is 0 Å². The third-order valence-corrected chi connectivity index (χ3v) is 5.78. The zero-order valence-electron chi connectivity index (χ0n) is 22.1. The van der Waals surface area contributed by atoms with Crippen LogP contribution >= 0.6 is 12.6 Å². The van der Waals surface area contributed by atoms with Crippen LogP contribution in [-0.4, -0.2) is 11.4 Å². The summed E-state index contributed by atoms with van der Waals surface area (Å²) >= 11 is 4.63. The van der Waals surface area contributed by atoms with Crippen LogP contribution in [-0.2, 0) is 5.41 Å². The summed E-state index contributed by atoms with van der Waals surface area (Å²) in [6, 6.07) is 12.6. The Morgan fingerprint density at radius 1 is 0.844 bits per heavy atom. The maximum atomic E-state index is 5.72. The Labute approximate surface area is 202 Å². The van der Waals surface area contributed by atoms with Gasteiger partial charge in [-0.3, -0.25) is 0 Å². The molecule has 1 aliphatic heterocycles. The summed E-state index contributed by atoms with van der Waals surface area (Å²) < 4.78 is 11.3. The van der Waals surface area contributed by atoms with Crippen LogP contribution in [0.15, 0.2) is 47.1 Å². The van der Waals surface area contributed by atoms with E-state index in [4.69, 9.17) is 9.15 Å². The number of furan rings is 1. The van der Waals surface area contributed by atoms with Crippen molar-refractivity contribution >= 4 is 23.6 Å². The van der Waals surface area contributed by atoms with Gasteiger partial charge in [0.05, 0.1) is 12.9 Å². The first kappa shape index (κ1) is 28.2. The number of para-hydroxylation sites is 2. The quantitative estimate of drug-likeness (QED) is 0.369. The third kappa shape index (κ3) is 6.57. The van der Waals surface area contributed by atoms with Gasteiger partial charge in [0.2, 0.25) is 0 Å². The Balaban J connectivity index is 0.000000277. The van der Waals surface area contributed by atoms with E-state index >= 15 is 0 Å². The minimum atomic E-state index is -0.0148. The van der Waals surface area contributed by atoms with Crippen LogP contribution in [0, 0.1) is 13.8 Å². The molecule has 0 aliphatic carbocycles. The van der Waals surface area contributed by atoms with E-state index in [2.05, 4.69) is 97.5 Å². The molecule has 0 N–H and O–H groups in total. The van der Waals surface area contributed by atoms with E-state index in [1.165, 1.54) is 27.6 Å². The molecular weight excluding hydrogens is 412 g/mol. The number of fused-ring (bicyclic) bond motifs is 2. The Kier molecular flexibility index (Phi) is 10.4. The van der Waals surface area contributed by atoms with Gasteiger partial charge in [-0.1, -0.05) is 98.7 Å². The molecule has 178 valence electrons. The van der Waals surface area contributed by atoms with Crippen molar-refractivity contribution in [1.82, 2.24) is 0 Å². The van der Waals surface area contributed by atoms with Crippen molar-refractivity contribution in [1.29, 1.82) is 0 Å². The standard InChI is InChI=1S/C13H16O.C12H16OS.2C2H6/c1-9-6-5-7-10-11(13(2,3)4)8-14-12(9)10;1-8-5-4-6-9-10(12(2,3)14)7-13-11(8)9;2*1-2/h5-8H,1-4H3;4-6,10,14H,7H2,1-3H3;2*1-2H3/t;10-;;/m.1../s1. The first-order chi connectivity index (χ1) is 15.0. The Morgan fingerprint density at radius 2 is 1.41 bits per heavy atom. The lowest BCUT2D eigenvalue weighted by molar-refractivity contribution is 0.313. The number of hydrogen-bond acceptors (Lipinski definition) is 3. The Hall–Kier alpha value is -1.87. The summed E-state index contributed by atoms with van der Waals surface area (Å²) in [6.45, 7) is 23.8. The van der Waals surface area contributed by atoms with E-state index in [1.807, 2.05) is 34.0 Å². The summed E-state index contributed by atoms with van der Waals surface area (Å²) in [5, 5.41) is 1.25. The molecule has 0 amide bonds. The molecule has 0 unspecified atom stereocenters. The SMILES string of the molecule is CC.CC.Cc1cccc2c(C(C)(C)C)coc12.Cc1cccc2c1OC[C@H]2C(C)(C)S. The molecule has 0 saturated carbocycles. The predicted molar refractivity (Wildman–Crippen MR) is 145 cm³/mol. The second-order valence-electron chi connectivity index (χ2n) is 9.36. The van der Waals surface area contributed by atoms with E-state index in [-0.39, 0.29) is 10.2 Å². The maximum absolute atomic E-state index is 5.72. The topological polar surface area (TPSA) is 22.4 Å². The lowest BCUT2D eigenvalue weighted by atomic mass is 9.87. The fourth-order valence-electron chi connectivity index (χ4n) is 3.77. The van der Waals surface area contributed by atoms with Gasteiger partial charge in [0.15, 0.2) is 0 Å². The normalized spacial score (nSPS) is 14.7. The predicted octanol–water partition coefficient (Wildman–Crippen LogP) is 9.27. The summed E-state index contributed by atoms with van der Waals surface area (Å²) in [6.07, 6.45) is 1.89.